The Labute approximate surface area is 141 Å². The lowest BCUT2D eigenvalue weighted by atomic mass is 10.1. The zero-order valence-corrected chi connectivity index (χ0v) is 14.7. The zero-order valence-electron chi connectivity index (χ0n) is 11.5. The van der Waals surface area contributed by atoms with Crippen molar-refractivity contribution in [2.24, 2.45) is 0 Å². The maximum Gasteiger partial charge on any atom is 0.223 e. The fourth-order valence-electron chi connectivity index (χ4n) is 2.69. The molecule has 5 heteroatoms. The van der Waals surface area contributed by atoms with Gasteiger partial charge < -0.3 is 9.88 Å². The smallest absolute Gasteiger partial charge is 0.223 e. The van der Waals surface area contributed by atoms with Crippen molar-refractivity contribution < 1.29 is 4.79 Å². The van der Waals surface area contributed by atoms with Crippen molar-refractivity contribution in [1.29, 1.82) is 0 Å². The Morgan fingerprint density at radius 1 is 1.24 bits per heavy atom. The Morgan fingerprint density at radius 3 is 2.76 bits per heavy atom. The van der Waals surface area contributed by atoms with E-state index in [2.05, 4.69) is 49.0 Å². The number of aromatic amines is 1. The van der Waals surface area contributed by atoms with Crippen molar-refractivity contribution in [1.82, 2.24) is 9.88 Å². The minimum atomic E-state index is 0.230. The summed E-state index contributed by atoms with van der Waals surface area (Å²) in [5.41, 5.74) is 3.64. The molecular weight excluding hydrogens is 396 g/mol. The molecular formula is C16H16Br2N2O. The van der Waals surface area contributed by atoms with Crippen LogP contribution < -0.4 is 0 Å². The number of carbonyl (C=O) groups excluding carboxylic acids is 1. The van der Waals surface area contributed by atoms with E-state index in [1.807, 2.05) is 23.1 Å². The Morgan fingerprint density at radius 2 is 2.00 bits per heavy atom. The molecule has 0 saturated carbocycles. The number of fused-ring (bicyclic) bond motifs is 1. The molecule has 0 radical (unpaired) electrons. The minimum absolute atomic E-state index is 0.230. The normalized spacial score (nSPS) is 14.1. The second-order valence-corrected chi connectivity index (χ2v) is 6.85. The molecule has 1 aromatic carbocycles. The summed E-state index contributed by atoms with van der Waals surface area (Å²) in [6, 6.07) is 10.2. The molecule has 2 aromatic rings. The van der Waals surface area contributed by atoms with Gasteiger partial charge in [0.15, 0.2) is 0 Å². The number of nitrogens with zero attached hydrogens (tertiary/aromatic N) is 1. The van der Waals surface area contributed by atoms with E-state index in [9.17, 15) is 4.79 Å². The first-order valence-corrected chi connectivity index (χ1v) is 8.60. The van der Waals surface area contributed by atoms with Crippen molar-refractivity contribution in [2.45, 2.75) is 25.8 Å². The van der Waals surface area contributed by atoms with E-state index in [0.29, 0.717) is 13.0 Å². The molecule has 0 aliphatic carbocycles. The number of carbonyl (C=O) groups is 1. The van der Waals surface area contributed by atoms with Crippen LogP contribution in [-0.4, -0.2) is 22.3 Å². The van der Waals surface area contributed by atoms with E-state index in [1.165, 1.54) is 16.8 Å². The lowest BCUT2D eigenvalue weighted by molar-refractivity contribution is -0.132. The number of amides is 1. The summed E-state index contributed by atoms with van der Waals surface area (Å²) in [6.45, 7) is 1.48. The predicted octanol–water partition coefficient (Wildman–Crippen LogP) is 4.06. The quantitative estimate of drug-likeness (QED) is 0.812. The van der Waals surface area contributed by atoms with E-state index in [1.54, 1.807) is 0 Å². The molecule has 0 atom stereocenters. The number of rotatable bonds is 3. The highest BCUT2D eigenvalue weighted by Gasteiger charge is 2.24. The second-order valence-electron chi connectivity index (χ2n) is 5.26. The van der Waals surface area contributed by atoms with E-state index < -0.39 is 0 Å². The molecule has 1 aromatic heterocycles. The molecule has 2 heterocycles. The van der Waals surface area contributed by atoms with E-state index >= 15 is 0 Å². The van der Waals surface area contributed by atoms with Crippen LogP contribution in [0.5, 0.6) is 0 Å². The molecule has 1 aliphatic heterocycles. The van der Waals surface area contributed by atoms with Crippen LogP contribution in [0.3, 0.4) is 0 Å². The molecule has 3 rings (SSSR count). The lowest BCUT2D eigenvalue weighted by Gasteiger charge is -2.27. The van der Waals surface area contributed by atoms with Gasteiger partial charge in [0.2, 0.25) is 5.91 Å². The van der Waals surface area contributed by atoms with Gasteiger partial charge in [0.05, 0.1) is 9.08 Å². The highest BCUT2D eigenvalue weighted by atomic mass is 79.9. The summed E-state index contributed by atoms with van der Waals surface area (Å²) in [5.74, 6) is 0.230. The topological polar surface area (TPSA) is 36.1 Å². The number of nitrogens with one attached hydrogen (secondary N) is 1. The predicted molar refractivity (Wildman–Crippen MR) is 90.1 cm³/mol. The number of hydrogen-bond donors (Lipinski definition) is 1. The van der Waals surface area contributed by atoms with Gasteiger partial charge in [-0.05, 0) is 43.8 Å². The first-order chi connectivity index (χ1) is 10.1. The van der Waals surface area contributed by atoms with Crippen molar-refractivity contribution >= 4 is 37.8 Å². The Bertz CT molecular complexity index is 652. The molecule has 1 N–H and O–H groups in total. The van der Waals surface area contributed by atoms with Gasteiger partial charge in [0.25, 0.3) is 0 Å². The van der Waals surface area contributed by atoms with E-state index in [0.717, 1.165) is 28.5 Å². The second kappa shape index (κ2) is 6.36. The molecule has 0 fully saturated rings. The van der Waals surface area contributed by atoms with Crippen LogP contribution in [0.4, 0.5) is 0 Å². The third-order valence-electron chi connectivity index (χ3n) is 3.89. The molecule has 3 nitrogen and oxygen atoms in total. The van der Waals surface area contributed by atoms with Crippen LogP contribution >= 0.6 is 31.9 Å². The highest BCUT2D eigenvalue weighted by Crippen LogP contribution is 2.33. The largest absolute Gasteiger partial charge is 0.352 e. The van der Waals surface area contributed by atoms with Gasteiger partial charge >= 0.3 is 0 Å². The number of hydrogen-bond acceptors (Lipinski definition) is 1. The van der Waals surface area contributed by atoms with Gasteiger partial charge in [-0.15, -0.1) is 0 Å². The molecule has 0 spiro atoms. The van der Waals surface area contributed by atoms with Gasteiger partial charge in [0, 0.05) is 37.2 Å². The summed E-state index contributed by atoms with van der Waals surface area (Å²) < 4.78 is 2.00. The number of aromatic nitrogens is 1. The van der Waals surface area contributed by atoms with E-state index in [-0.39, 0.29) is 5.91 Å². The van der Waals surface area contributed by atoms with Gasteiger partial charge in [-0.1, -0.05) is 30.3 Å². The third kappa shape index (κ3) is 3.24. The van der Waals surface area contributed by atoms with Crippen LogP contribution in [-0.2, 0) is 24.2 Å². The molecule has 21 heavy (non-hydrogen) atoms. The SMILES string of the molecule is O=C(CCc1ccccc1)N1CCc2[nH]c(Br)c(Br)c2C1. The lowest BCUT2D eigenvalue weighted by Crippen LogP contribution is -2.36. The van der Waals surface area contributed by atoms with Gasteiger partial charge in [-0.25, -0.2) is 0 Å². The van der Waals surface area contributed by atoms with Crippen molar-refractivity contribution in [3.63, 3.8) is 0 Å². The third-order valence-corrected chi connectivity index (χ3v) is 5.89. The van der Waals surface area contributed by atoms with Crippen LogP contribution in [0.2, 0.25) is 0 Å². The van der Waals surface area contributed by atoms with Crippen molar-refractivity contribution in [3.05, 3.63) is 56.2 Å². The Balaban J connectivity index is 1.63. The maximum atomic E-state index is 12.4. The maximum absolute atomic E-state index is 12.4. The van der Waals surface area contributed by atoms with Crippen molar-refractivity contribution in [3.8, 4) is 0 Å². The summed E-state index contributed by atoms with van der Waals surface area (Å²) in [5, 5.41) is 0. The number of halogens is 2. The van der Waals surface area contributed by atoms with E-state index in [4.69, 9.17) is 0 Å². The summed E-state index contributed by atoms with van der Waals surface area (Å²) in [7, 11) is 0. The van der Waals surface area contributed by atoms with Crippen LogP contribution in [0, 0.1) is 0 Å². The van der Waals surface area contributed by atoms with Gasteiger partial charge in [-0.3, -0.25) is 4.79 Å². The van der Waals surface area contributed by atoms with Gasteiger partial charge in [0.1, 0.15) is 0 Å². The van der Waals surface area contributed by atoms with Crippen LogP contribution in [0.1, 0.15) is 23.2 Å². The number of aryl methyl sites for hydroxylation is 1. The summed E-state index contributed by atoms with van der Waals surface area (Å²) >= 11 is 7.06. The monoisotopic (exact) mass is 410 g/mol. The first-order valence-electron chi connectivity index (χ1n) is 7.01. The Kier molecular flexibility index (Phi) is 4.50. The molecule has 1 amide bonds. The molecule has 0 bridgehead atoms. The fraction of sp³-hybridized carbons (Fsp3) is 0.312. The van der Waals surface area contributed by atoms with Crippen LogP contribution in [0.15, 0.2) is 39.4 Å². The number of benzene rings is 1. The minimum Gasteiger partial charge on any atom is -0.352 e. The molecule has 110 valence electrons. The van der Waals surface area contributed by atoms with Gasteiger partial charge in [-0.2, -0.15) is 0 Å². The highest BCUT2D eigenvalue weighted by molar-refractivity contribution is 9.13. The molecule has 1 aliphatic rings. The Hall–Kier alpha value is -1.07. The average Bonchev–Trinajstić information content (AvgIpc) is 2.80. The first kappa shape index (κ1) is 14.9. The standard InChI is InChI=1S/C16H16Br2N2O/c17-15-12-10-20(9-8-13(12)19-16(15)18)14(21)7-6-11-4-2-1-3-5-11/h1-5,19H,6-10H2. The summed E-state index contributed by atoms with van der Waals surface area (Å²) in [6.07, 6.45) is 2.26. The molecule has 0 saturated heterocycles. The molecule has 0 unspecified atom stereocenters. The zero-order chi connectivity index (χ0) is 14.8. The average molecular weight is 412 g/mol. The van der Waals surface area contributed by atoms with Crippen molar-refractivity contribution in [2.75, 3.05) is 6.54 Å². The summed E-state index contributed by atoms with van der Waals surface area (Å²) in [4.78, 5) is 17.7. The van der Waals surface area contributed by atoms with Crippen LogP contribution in [0.25, 0.3) is 0 Å². The number of H-pyrrole nitrogens is 1. The fourth-order valence-corrected chi connectivity index (χ4v) is 3.63.